The topological polar surface area (TPSA) is 87.3 Å². The largest absolute Gasteiger partial charge is 0.326 e. The molecule has 26 heavy (non-hydrogen) atoms. The van der Waals surface area contributed by atoms with Gasteiger partial charge in [-0.25, -0.2) is 13.1 Å². The molecule has 0 radical (unpaired) electrons. The molecular weight excluding hydrogens is 374 g/mol. The molecule has 3 N–H and O–H groups in total. The molecule has 1 amide bonds. The number of benzene rings is 2. The van der Waals surface area contributed by atoms with Crippen LogP contribution in [0.4, 0.5) is 5.69 Å². The Morgan fingerprint density at radius 3 is 2.54 bits per heavy atom. The molecule has 8 heteroatoms. The summed E-state index contributed by atoms with van der Waals surface area (Å²) in [7, 11) is -3.61. The summed E-state index contributed by atoms with van der Waals surface area (Å²) in [5, 5.41) is 5.97. The number of nitrogens with one attached hydrogen (secondary N) is 3. The maximum atomic E-state index is 12.5. The Morgan fingerprint density at radius 1 is 1.15 bits per heavy atom. The van der Waals surface area contributed by atoms with E-state index in [1.807, 2.05) is 18.2 Å². The van der Waals surface area contributed by atoms with E-state index < -0.39 is 10.0 Å². The van der Waals surface area contributed by atoms with Crippen molar-refractivity contribution >= 4 is 34.0 Å². The lowest BCUT2D eigenvalue weighted by Gasteiger charge is -2.27. The molecular formula is C18H22ClN3O3S. The van der Waals surface area contributed by atoms with Crippen LogP contribution in [-0.4, -0.2) is 27.4 Å². The Bertz CT molecular complexity index is 870. The first kappa shape index (κ1) is 20.4. The third-order valence-corrected chi connectivity index (χ3v) is 5.62. The number of rotatable bonds is 5. The van der Waals surface area contributed by atoms with E-state index >= 15 is 0 Å². The van der Waals surface area contributed by atoms with Gasteiger partial charge in [-0.3, -0.25) is 4.79 Å². The second-order valence-corrected chi connectivity index (χ2v) is 7.78. The van der Waals surface area contributed by atoms with Crippen LogP contribution in [-0.2, 0) is 21.2 Å². The maximum Gasteiger partial charge on any atom is 0.240 e. The minimum Gasteiger partial charge on any atom is -0.326 e. The van der Waals surface area contributed by atoms with Crippen LogP contribution in [0.5, 0.6) is 0 Å². The molecule has 2 aromatic rings. The van der Waals surface area contributed by atoms with Crippen LogP contribution in [0.3, 0.4) is 0 Å². The van der Waals surface area contributed by atoms with Gasteiger partial charge < -0.3 is 10.6 Å². The minimum absolute atomic E-state index is 0. The summed E-state index contributed by atoms with van der Waals surface area (Å²) in [6, 6.07) is 14.1. The fourth-order valence-corrected chi connectivity index (χ4v) is 4.02. The first-order valence-electron chi connectivity index (χ1n) is 8.14. The number of amides is 1. The molecule has 0 spiro atoms. The van der Waals surface area contributed by atoms with Gasteiger partial charge in [-0.05, 0) is 48.4 Å². The molecule has 0 bridgehead atoms. The van der Waals surface area contributed by atoms with Crippen LogP contribution in [0.1, 0.15) is 24.1 Å². The van der Waals surface area contributed by atoms with Crippen molar-refractivity contribution < 1.29 is 13.2 Å². The van der Waals surface area contributed by atoms with Crippen molar-refractivity contribution in [1.82, 2.24) is 10.0 Å². The van der Waals surface area contributed by atoms with E-state index in [0.29, 0.717) is 5.69 Å². The Balaban J connectivity index is 0.00000243. The van der Waals surface area contributed by atoms with Crippen molar-refractivity contribution in [2.75, 3.05) is 18.4 Å². The first-order valence-corrected chi connectivity index (χ1v) is 9.62. The highest BCUT2D eigenvalue weighted by molar-refractivity contribution is 7.89. The van der Waals surface area contributed by atoms with E-state index in [2.05, 4.69) is 21.4 Å². The maximum absolute atomic E-state index is 12.5. The van der Waals surface area contributed by atoms with Crippen LogP contribution in [0.2, 0.25) is 0 Å². The van der Waals surface area contributed by atoms with Gasteiger partial charge in [-0.2, -0.15) is 0 Å². The van der Waals surface area contributed by atoms with Crippen LogP contribution < -0.4 is 15.4 Å². The Labute approximate surface area is 159 Å². The molecule has 0 saturated carbocycles. The summed E-state index contributed by atoms with van der Waals surface area (Å²) in [5.74, 6) is -0.198. The molecule has 1 unspecified atom stereocenters. The van der Waals surface area contributed by atoms with E-state index in [4.69, 9.17) is 0 Å². The quantitative estimate of drug-likeness (QED) is 0.724. The van der Waals surface area contributed by atoms with Crippen molar-refractivity contribution in [3.63, 3.8) is 0 Å². The molecule has 0 aromatic heterocycles. The number of hydrogen-bond acceptors (Lipinski definition) is 4. The molecule has 0 aliphatic carbocycles. The molecule has 1 aliphatic heterocycles. The summed E-state index contributed by atoms with van der Waals surface area (Å²) in [6.45, 7) is 2.52. The summed E-state index contributed by atoms with van der Waals surface area (Å²) < 4.78 is 27.7. The van der Waals surface area contributed by atoms with E-state index in [9.17, 15) is 13.2 Å². The van der Waals surface area contributed by atoms with Gasteiger partial charge in [0.05, 0.1) is 4.90 Å². The number of sulfonamides is 1. The molecule has 1 aliphatic rings. The van der Waals surface area contributed by atoms with Crippen LogP contribution in [0.25, 0.3) is 0 Å². The number of carbonyl (C=O) groups excluding carboxylic acids is 1. The smallest absolute Gasteiger partial charge is 0.240 e. The van der Waals surface area contributed by atoms with Gasteiger partial charge in [-0.1, -0.05) is 24.3 Å². The molecule has 3 rings (SSSR count). The number of hydrogen-bond donors (Lipinski definition) is 3. The van der Waals surface area contributed by atoms with E-state index in [1.54, 1.807) is 12.1 Å². The van der Waals surface area contributed by atoms with Gasteiger partial charge in [0.2, 0.25) is 15.9 Å². The molecule has 140 valence electrons. The lowest BCUT2D eigenvalue weighted by molar-refractivity contribution is -0.114. The fraction of sp³-hybridized carbons (Fsp3) is 0.278. The normalized spacial score (nSPS) is 16.3. The second kappa shape index (κ2) is 8.64. The summed E-state index contributed by atoms with van der Waals surface area (Å²) in [6.07, 6.45) is 0.948. The van der Waals surface area contributed by atoms with Crippen LogP contribution in [0.15, 0.2) is 53.4 Å². The zero-order chi connectivity index (χ0) is 17.9. The lowest BCUT2D eigenvalue weighted by atomic mass is 9.95. The lowest BCUT2D eigenvalue weighted by Crippen LogP contribution is -2.38. The van der Waals surface area contributed by atoms with Crippen molar-refractivity contribution in [2.45, 2.75) is 24.3 Å². The predicted molar refractivity (Wildman–Crippen MR) is 104 cm³/mol. The Hall–Kier alpha value is -1.93. The highest BCUT2D eigenvalue weighted by atomic mass is 35.5. The summed E-state index contributed by atoms with van der Waals surface area (Å²) >= 11 is 0. The average Bonchev–Trinajstić information content (AvgIpc) is 2.60. The molecule has 0 saturated heterocycles. The zero-order valence-corrected chi connectivity index (χ0v) is 16.0. The highest BCUT2D eigenvalue weighted by Gasteiger charge is 2.22. The van der Waals surface area contributed by atoms with E-state index in [-0.39, 0.29) is 35.8 Å². The number of halogens is 1. The summed E-state index contributed by atoms with van der Waals surface area (Å²) in [4.78, 5) is 11.2. The van der Waals surface area contributed by atoms with Crippen molar-refractivity contribution in [2.24, 2.45) is 0 Å². The predicted octanol–water partition coefficient (Wildman–Crippen LogP) is 2.23. The number of fused-ring (bicyclic) bond motifs is 1. The van der Waals surface area contributed by atoms with Gasteiger partial charge in [0.15, 0.2) is 0 Å². The minimum atomic E-state index is -3.61. The molecule has 2 aromatic carbocycles. The second-order valence-electron chi connectivity index (χ2n) is 6.01. The molecule has 1 atom stereocenters. The molecule has 1 heterocycles. The Morgan fingerprint density at radius 2 is 1.85 bits per heavy atom. The number of carbonyl (C=O) groups is 1. The monoisotopic (exact) mass is 395 g/mol. The van der Waals surface area contributed by atoms with Gasteiger partial charge >= 0.3 is 0 Å². The summed E-state index contributed by atoms with van der Waals surface area (Å²) in [5.41, 5.74) is 2.96. The standard InChI is InChI=1S/C18H21N3O3S.ClH/c1-13(22)21-15-6-8-16(9-7-15)25(23,24)20-12-18-17-5-3-2-4-14(17)10-11-19-18;/h2-9,18-20H,10-12H2,1H3,(H,21,22);1H. The zero-order valence-electron chi connectivity index (χ0n) is 14.4. The van der Waals surface area contributed by atoms with Gasteiger partial charge in [0.25, 0.3) is 0 Å². The fourth-order valence-electron chi connectivity index (χ4n) is 2.97. The van der Waals surface area contributed by atoms with Gasteiger partial charge in [0, 0.05) is 25.2 Å². The highest BCUT2D eigenvalue weighted by Crippen LogP contribution is 2.22. The van der Waals surface area contributed by atoms with Crippen molar-refractivity contribution in [3.8, 4) is 0 Å². The van der Waals surface area contributed by atoms with Gasteiger partial charge in [0.1, 0.15) is 0 Å². The van der Waals surface area contributed by atoms with Crippen LogP contribution >= 0.6 is 12.4 Å². The molecule has 6 nitrogen and oxygen atoms in total. The van der Waals surface area contributed by atoms with Crippen LogP contribution in [0, 0.1) is 0 Å². The van der Waals surface area contributed by atoms with Crippen molar-refractivity contribution in [1.29, 1.82) is 0 Å². The SMILES string of the molecule is CC(=O)Nc1ccc(S(=O)(=O)NCC2NCCc3ccccc32)cc1.Cl. The first-order chi connectivity index (χ1) is 12.0. The van der Waals surface area contributed by atoms with Gasteiger partial charge in [-0.15, -0.1) is 12.4 Å². The molecule has 0 fully saturated rings. The third-order valence-electron chi connectivity index (χ3n) is 4.18. The van der Waals surface area contributed by atoms with E-state index in [1.165, 1.54) is 24.6 Å². The Kier molecular flexibility index (Phi) is 6.77. The average molecular weight is 396 g/mol. The number of anilines is 1. The van der Waals surface area contributed by atoms with E-state index in [0.717, 1.165) is 18.5 Å². The van der Waals surface area contributed by atoms with Crippen molar-refractivity contribution in [3.05, 3.63) is 59.7 Å². The third kappa shape index (κ3) is 4.82.